The van der Waals surface area contributed by atoms with Gasteiger partial charge in [-0.25, -0.2) is 0 Å². The fraction of sp³-hybridized carbons (Fsp3) is 0.400. The van der Waals surface area contributed by atoms with Gasteiger partial charge in [-0.15, -0.1) is 0 Å². The van der Waals surface area contributed by atoms with Crippen molar-refractivity contribution in [1.82, 2.24) is 0 Å². The Hall–Kier alpha value is -0.310. The van der Waals surface area contributed by atoms with Crippen molar-refractivity contribution >= 4 is 21.8 Å². The number of nitrogens with two attached hydrogens (primary N) is 1. The average molecular weight is 178 g/mol. The first kappa shape index (κ1) is 7.69. The lowest BCUT2D eigenvalue weighted by molar-refractivity contribution is -0.114. The zero-order valence-corrected chi connectivity index (χ0v) is 6.23. The van der Waals surface area contributed by atoms with Crippen LogP contribution in [0.2, 0.25) is 0 Å². The molecule has 0 fully saturated rings. The second-order valence-electron chi connectivity index (χ2n) is 1.31. The second kappa shape index (κ2) is 3.66. The van der Waals surface area contributed by atoms with Crippen LogP contribution in [-0.4, -0.2) is 11.2 Å². The number of amides is 1. The SMILES string of the molecule is CC=C(CBr)C(N)=O. The summed E-state index contributed by atoms with van der Waals surface area (Å²) < 4.78 is 0. The predicted octanol–water partition coefficient (Wildman–Crippen LogP) is 0.813. The molecule has 0 spiro atoms. The number of hydrogen-bond acceptors (Lipinski definition) is 1. The molecule has 0 rings (SSSR count). The van der Waals surface area contributed by atoms with E-state index in [1.54, 1.807) is 13.0 Å². The predicted molar refractivity (Wildman–Crippen MR) is 36.7 cm³/mol. The van der Waals surface area contributed by atoms with E-state index in [1.807, 2.05) is 0 Å². The van der Waals surface area contributed by atoms with Gasteiger partial charge in [0.1, 0.15) is 0 Å². The van der Waals surface area contributed by atoms with Gasteiger partial charge in [-0.1, -0.05) is 22.0 Å². The summed E-state index contributed by atoms with van der Waals surface area (Å²) in [6.07, 6.45) is 1.69. The molecule has 0 aromatic heterocycles. The van der Waals surface area contributed by atoms with Crippen molar-refractivity contribution in [2.24, 2.45) is 5.73 Å². The maximum Gasteiger partial charge on any atom is 0.245 e. The van der Waals surface area contributed by atoms with E-state index in [4.69, 9.17) is 5.73 Å². The fourth-order valence-corrected chi connectivity index (χ4v) is 0.885. The van der Waals surface area contributed by atoms with Gasteiger partial charge in [0.25, 0.3) is 0 Å². The second-order valence-corrected chi connectivity index (χ2v) is 1.87. The van der Waals surface area contributed by atoms with Crippen LogP contribution in [0.15, 0.2) is 11.6 Å². The maximum atomic E-state index is 10.3. The summed E-state index contributed by atoms with van der Waals surface area (Å²) >= 11 is 3.11. The molecule has 0 aliphatic rings. The number of hydrogen-bond donors (Lipinski definition) is 1. The van der Waals surface area contributed by atoms with Crippen molar-refractivity contribution in [2.45, 2.75) is 6.92 Å². The van der Waals surface area contributed by atoms with Crippen LogP contribution >= 0.6 is 15.9 Å². The number of alkyl halides is 1. The third-order valence-electron chi connectivity index (χ3n) is 0.809. The molecule has 46 valence electrons. The molecule has 0 aliphatic heterocycles. The van der Waals surface area contributed by atoms with E-state index in [-0.39, 0.29) is 5.91 Å². The van der Waals surface area contributed by atoms with Crippen molar-refractivity contribution in [2.75, 3.05) is 5.33 Å². The molecule has 0 saturated carbocycles. The summed E-state index contributed by atoms with van der Waals surface area (Å²) in [5.74, 6) is -0.357. The molecule has 0 aliphatic carbocycles. The van der Waals surface area contributed by atoms with Gasteiger partial charge in [-0.3, -0.25) is 4.79 Å². The van der Waals surface area contributed by atoms with Crippen molar-refractivity contribution < 1.29 is 4.79 Å². The van der Waals surface area contributed by atoms with Crippen LogP contribution in [-0.2, 0) is 4.79 Å². The Morgan fingerprint density at radius 1 is 1.88 bits per heavy atom. The summed E-state index contributed by atoms with van der Waals surface area (Å²) in [6.45, 7) is 1.78. The van der Waals surface area contributed by atoms with E-state index in [9.17, 15) is 4.79 Å². The van der Waals surface area contributed by atoms with Gasteiger partial charge in [-0.05, 0) is 6.92 Å². The average Bonchev–Trinajstić information content (AvgIpc) is 1.69. The van der Waals surface area contributed by atoms with Gasteiger partial charge in [-0.2, -0.15) is 0 Å². The van der Waals surface area contributed by atoms with Gasteiger partial charge >= 0.3 is 0 Å². The molecule has 1 amide bonds. The van der Waals surface area contributed by atoms with Gasteiger partial charge < -0.3 is 5.73 Å². The van der Waals surface area contributed by atoms with E-state index in [0.29, 0.717) is 10.9 Å². The first-order chi connectivity index (χ1) is 3.72. The molecular formula is C5H8BrNO. The molecule has 0 radical (unpaired) electrons. The zero-order chi connectivity index (χ0) is 6.57. The summed E-state index contributed by atoms with van der Waals surface area (Å²) in [5.41, 5.74) is 5.54. The molecule has 3 heteroatoms. The third-order valence-corrected chi connectivity index (χ3v) is 1.41. The van der Waals surface area contributed by atoms with Crippen LogP contribution in [0.4, 0.5) is 0 Å². The highest BCUT2D eigenvalue weighted by molar-refractivity contribution is 9.09. The van der Waals surface area contributed by atoms with Gasteiger partial charge in [0.15, 0.2) is 0 Å². The Labute approximate surface area is 56.9 Å². The lowest BCUT2D eigenvalue weighted by atomic mass is 10.3. The minimum Gasteiger partial charge on any atom is -0.366 e. The molecule has 2 N–H and O–H groups in total. The molecular weight excluding hydrogens is 170 g/mol. The molecule has 2 nitrogen and oxygen atoms in total. The third kappa shape index (κ3) is 2.12. The normalized spacial score (nSPS) is 11.5. The van der Waals surface area contributed by atoms with Gasteiger partial charge in [0.2, 0.25) is 5.91 Å². The molecule has 0 saturated heterocycles. The van der Waals surface area contributed by atoms with Crippen LogP contribution in [0.25, 0.3) is 0 Å². The Bertz CT molecular complexity index is 120. The molecule has 0 atom stereocenters. The molecule has 0 unspecified atom stereocenters. The fourth-order valence-electron chi connectivity index (χ4n) is 0.285. The minimum atomic E-state index is -0.357. The van der Waals surface area contributed by atoms with E-state index in [0.717, 1.165) is 0 Å². The lowest BCUT2D eigenvalue weighted by Crippen LogP contribution is -2.14. The topological polar surface area (TPSA) is 43.1 Å². The highest BCUT2D eigenvalue weighted by Crippen LogP contribution is 1.96. The van der Waals surface area contributed by atoms with Crippen molar-refractivity contribution in [3.05, 3.63) is 11.6 Å². The van der Waals surface area contributed by atoms with E-state index in [1.165, 1.54) is 0 Å². The molecule has 0 aromatic carbocycles. The largest absolute Gasteiger partial charge is 0.366 e. The summed E-state index contributed by atoms with van der Waals surface area (Å²) in [7, 11) is 0. The molecule has 0 heterocycles. The van der Waals surface area contributed by atoms with Crippen molar-refractivity contribution in [3.8, 4) is 0 Å². The number of rotatable bonds is 2. The van der Waals surface area contributed by atoms with E-state index in [2.05, 4.69) is 15.9 Å². The minimum absolute atomic E-state index is 0.357. The summed E-state index contributed by atoms with van der Waals surface area (Å²) in [6, 6.07) is 0. The monoisotopic (exact) mass is 177 g/mol. The van der Waals surface area contributed by atoms with E-state index < -0.39 is 0 Å². The highest BCUT2D eigenvalue weighted by atomic mass is 79.9. The molecule has 8 heavy (non-hydrogen) atoms. The first-order valence-electron chi connectivity index (χ1n) is 2.23. The number of carbonyl (C=O) groups excluding carboxylic acids is 1. The van der Waals surface area contributed by atoms with Crippen LogP contribution in [0.1, 0.15) is 6.92 Å². The van der Waals surface area contributed by atoms with Crippen LogP contribution in [0.5, 0.6) is 0 Å². The van der Waals surface area contributed by atoms with Gasteiger partial charge in [0.05, 0.1) is 0 Å². The summed E-state index contributed by atoms with van der Waals surface area (Å²) in [5, 5.41) is 0.541. The Morgan fingerprint density at radius 3 is 2.38 bits per heavy atom. The van der Waals surface area contributed by atoms with Crippen molar-refractivity contribution in [3.63, 3.8) is 0 Å². The van der Waals surface area contributed by atoms with Crippen LogP contribution < -0.4 is 5.73 Å². The van der Waals surface area contributed by atoms with E-state index >= 15 is 0 Å². The number of primary amides is 1. The Kier molecular flexibility index (Phi) is 3.52. The first-order valence-corrected chi connectivity index (χ1v) is 3.35. The Morgan fingerprint density at radius 2 is 2.38 bits per heavy atom. The van der Waals surface area contributed by atoms with Crippen molar-refractivity contribution in [1.29, 1.82) is 0 Å². The van der Waals surface area contributed by atoms with Crippen LogP contribution in [0, 0.1) is 0 Å². The number of allylic oxidation sites excluding steroid dienone is 1. The molecule has 0 aromatic rings. The zero-order valence-electron chi connectivity index (χ0n) is 4.65. The standard InChI is InChI=1S/C5H8BrNO/c1-2-4(3-6)5(7)8/h2H,3H2,1H3,(H2,7,8). The van der Waals surface area contributed by atoms with Gasteiger partial charge in [0, 0.05) is 10.9 Å². The smallest absolute Gasteiger partial charge is 0.245 e. The maximum absolute atomic E-state index is 10.3. The van der Waals surface area contributed by atoms with Crippen LogP contribution in [0.3, 0.4) is 0 Å². The Balaban J connectivity index is 3.92. The lowest BCUT2D eigenvalue weighted by Gasteiger charge is -1.91. The quantitative estimate of drug-likeness (QED) is 0.493. The number of carbonyl (C=O) groups is 1. The highest BCUT2D eigenvalue weighted by Gasteiger charge is 1.97. The number of halogens is 1. The molecule has 0 bridgehead atoms. The summed E-state index contributed by atoms with van der Waals surface area (Å²) in [4.78, 5) is 10.3.